The van der Waals surface area contributed by atoms with Crippen molar-refractivity contribution in [2.24, 2.45) is 22.3 Å². The molecule has 0 aromatic heterocycles. The van der Waals surface area contributed by atoms with Crippen molar-refractivity contribution in [1.29, 1.82) is 0 Å². The number of halogens is 3. The SMILES string of the molecule is CC(C)(C)CCCNC(=O)OCCCOC(=O)OCC(C)(CO)C(=O)OCCCC[NH+]=C(N)N.O=C([O-])C(F)(F)F. The van der Waals surface area contributed by atoms with Crippen molar-refractivity contribution in [3.63, 3.8) is 0 Å². The summed E-state index contributed by atoms with van der Waals surface area (Å²) in [5.74, 6) is -3.58. The Morgan fingerprint density at radius 1 is 0.878 bits per heavy atom. The monoisotopic (exact) mass is 604 g/mol. The Kier molecular flexibility index (Phi) is 19.7. The van der Waals surface area contributed by atoms with Gasteiger partial charge in [-0.1, -0.05) is 20.8 Å². The second-order valence-electron chi connectivity index (χ2n) is 10.2. The highest BCUT2D eigenvalue weighted by Crippen LogP contribution is 2.20. The molecule has 1 atom stereocenters. The third kappa shape index (κ3) is 24.1. The first-order valence-corrected chi connectivity index (χ1v) is 12.7. The second kappa shape index (κ2) is 20.4. The summed E-state index contributed by atoms with van der Waals surface area (Å²) >= 11 is 0. The number of esters is 1. The highest BCUT2D eigenvalue weighted by Gasteiger charge is 2.36. The molecule has 0 aromatic rings. The number of carboxylic acids is 1. The molecule has 0 rings (SSSR count). The summed E-state index contributed by atoms with van der Waals surface area (Å²) in [4.78, 5) is 47.1. The topological polar surface area (TPSA) is 227 Å². The molecule has 0 aromatic carbocycles. The minimum atomic E-state index is -5.19. The number of alkyl halides is 3. The lowest BCUT2D eigenvalue weighted by atomic mass is 9.91. The zero-order valence-electron chi connectivity index (χ0n) is 23.9. The van der Waals surface area contributed by atoms with Gasteiger partial charge in [0.2, 0.25) is 0 Å². The molecule has 0 fully saturated rings. The van der Waals surface area contributed by atoms with Crippen molar-refractivity contribution in [3.05, 3.63) is 0 Å². The summed E-state index contributed by atoms with van der Waals surface area (Å²) in [6, 6.07) is 0. The van der Waals surface area contributed by atoms with E-state index in [1.54, 1.807) is 0 Å². The van der Waals surface area contributed by atoms with Crippen LogP contribution in [0.15, 0.2) is 0 Å². The van der Waals surface area contributed by atoms with Crippen LogP contribution in [0.2, 0.25) is 0 Å². The molecular weight excluding hydrogens is 561 g/mol. The largest absolute Gasteiger partial charge is 0.542 e. The first-order chi connectivity index (χ1) is 18.8. The van der Waals surface area contributed by atoms with E-state index >= 15 is 0 Å². The van der Waals surface area contributed by atoms with Crippen LogP contribution in [0.5, 0.6) is 0 Å². The number of aliphatic carboxylic acids is 1. The third-order valence-electron chi connectivity index (χ3n) is 4.83. The van der Waals surface area contributed by atoms with Gasteiger partial charge in [0.15, 0.2) is 0 Å². The lowest BCUT2D eigenvalue weighted by Gasteiger charge is -2.24. The number of alkyl carbamates (subject to hydrolysis) is 1. The fourth-order valence-corrected chi connectivity index (χ4v) is 2.47. The summed E-state index contributed by atoms with van der Waals surface area (Å²) in [7, 11) is 0. The summed E-state index contributed by atoms with van der Waals surface area (Å²) in [5, 5.41) is 21.0. The number of nitrogens with one attached hydrogen (secondary N) is 2. The van der Waals surface area contributed by atoms with Crippen molar-refractivity contribution in [3.8, 4) is 0 Å². The van der Waals surface area contributed by atoms with E-state index in [4.69, 9.17) is 40.3 Å². The highest BCUT2D eigenvalue weighted by molar-refractivity contribution is 5.77. The van der Waals surface area contributed by atoms with Gasteiger partial charge < -0.3 is 39.3 Å². The number of nitrogens with two attached hydrogens (primary N) is 2. The van der Waals surface area contributed by atoms with Gasteiger partial charge in [-0.05, 0) is 38.0 Å². The van der Waals surface area contributed by atoms with E-state index < -0.39 is 49.0 Å². The number of rotatable bonds is 16. The Morgan fingerprint density at radius 3 is 1.95 bits per heavy atom. The molecule has 1 unspecified atom stereocenters. The Balaban J connectivity index is 0. The van der Waals surface area contributed by atoms with Crippen LogP contribution in [-0.4, -0.2) is 87.6 Å². The summed E-state index contributed by atoms with van der Waals surface area (Å²) in [6.45, 7) is 8.09. The van der Waals surface area contributed by atoms with Crippen molar-refractivity contribution in [2.75, 3.05) is 46.1 Å². The smallest absolute Gasteiger partial charge is 0.508 e. The van der Waals surface area contributed by atoms with E-state index in [9.17, 15) is 32.7 Å². The highest BCUT2D eigenvalue weighted by atomic mass is 19.4. The van der Waals surface area contributed by atoms with Crippen LogP contribution in [0.1, 0.15) is 59.8 Å². The van der Waals surface area contributed by atoms with E-state index in [0.29, 0.717) is 25.9 Å². The number of carbonyl (C=O) groups excluding carboxylic acids is 4. The van der Waals surface area contributed by atoms with Gasteiger partial charge in [0.1, 0.15) is 18.0 Å². The van der Waals surface area contributed by atoms with Crippen LogP contribution in [-0.2, 0) is 28.5 Å². The quantitative estimate of drug-likeness (QED) is 0.0473. The van der Waals surface area contributed by atoms with Gasteiger partial charge >= 0.3 is 30.4 Å². The molecule has 0 radical (unpaired) electrons. The van der Waals surface area contributed by atoms with Crippen LogP contribution < -0.4 is 26.9 Å². The lowest BCUT2D eigenvalue weighted by Crippen LogP contribution is -2.78. The van der Waals surface area contributed by atoms with E-state index in [-0.39, 0.29) is 37.6 Å². The number of carbonyl (C=O) groups is 4. The first kappa shape index (κ1) is 39.6. The average molecular weight is 605 g/mol. The molecule has 17 heteroatoms. The maximum atomic E-state index is 12.2. The number of carboxylic acid groups (broad SMARTS) is 1. The minimum absolute atomic E-state index is 0.0325. The molecule has 0 aliphatic carbocycles. The summed E-state index contributed by atoms with van der Waals surface area (Å²) in [6.07, 6.45) is -3.36. The molecule has 0 aliphatic rings. The van der Waals surface area contributed by atoms with Crippen molar-refractivity contribution < 1.29 is 66.5 Å². The lowest BCUT2D eigenvalue weighted by molar-refractivity contribution is -0.459. The number of amides is 1. The number of aliphatic hydroxyl groups is 1. The summed E-state index contributed by atoms with van der Waals surface area (Å²) < 4.78 is 51.5. The van der Waals surface area contributed by atoms with Crippen molar-refractivity contribution in [1.82, 2.24) is 5.32 Å². The molecule has 41 heavy (non-hydrogen) atoms. The number of hydrogen-bond acceptors (Lipinski definition) is 10. The predicted octanol–water partition coefficient (Wildman–Crippen LogP) is -0.943. The van der Waals surface area contributed by atoms with Crippen molar-refractivity contribution in [2.45, 2.75) is 66.0 Å². The average Bonchev–Trinajstić information content (AvgIpc) is 2.85. The Bertz CT molecular complexity index is 831. The fraction of sp³-hybridized carbons (Fsp3) is 0.792. The third-order valence-corrected chi connectivity index (χ3v) is 4.83. The predicted molar refractivity (Wildman–Crippen MR) is 136 cm³/mol. The minimum Gasteiger partial charge on any atom is -0.542 e. The van der Waals surface area contributed by atoms with Crippen LogP contribution in [0.25, 0.3) is 0 Å². The van der Waals surface area contributed by atoms with E-state index in [0.717, 1.165) is 12.8 Å². The van der Waals surface area contributed by atoms with Gasteiger partial charge in [0, 0.05) is 13.0 Å². The maximum absolute atomic E-state index is 12.2. The first-order valence-electron chi connectivity index (χ1n) is 12.7. The molecule has 240 valence electrons. The van der Waals surface area contributed by atoms with Gasteiger partial charge in [0.05, 0.1) is 33.0 Å². The van der Waals surface area contributed by atoms with Crippen LogP contribution in [0.3, 0.4) is 0 Å². The molecular formula is C24H43F3N4O10. The number of ether oxygens (including phenoxy) is 4. The van der Waals surface area contributed by atoms with E-state index in [2.05, 4.69) is 31.1 Å². The summed E-state index contributed by atoms with van der Waals surface area (Å²) in [5.41, 5.74) is 9.34. The molecule has 0 heterocycles. The standard InChI is InChI=1S/C22H42N4O8.C2HF3O2/c1-21(2,3)9-7-11-26-19(29)32-13-8-14-33-20(30)34-16-22(4,15-27)17(28)31-12-6-5-10-25-18(23)24;3-2(4,5)1(6)7/h27H,5-16H2,1-4H3,(H,26,29)(H4,23,24,25);(H,6,7). The van der Waals surface area contributed by atoms with Gasteiger partial charge in [-0.15, -0.1) is 0 Å². The Morgan fingerprint density at radius 2 is 1.44 bits per heavy atom. The van der Waals surface area contributed by atoms with Crippen LogP contribution in [0.4, 0.5) is 22.8 Å². The second-order valence-corrected chi connectivity index (χ2v) is 10.2. The zero-order chi connectivity index (χ0) is 32.1. The molecule has 7 N–H and O–H groups in total. The Labute approximate surface area is 236 Å². The molecule has 0 saturated carbocycles. The molecule has 0 aliphatic heterocycles. The number of hydrogen-bond donors (Lipinski definition) is 5. The Hall–Kier alpha value is -3.50. The van der Waals surface area contributed by atoms with Gasteiger partial charge in [-0.3, -0.25) is 21.3 Å². The van der Waals surface area contributed by atoms with E-state index in [1.165, 1.54) is 6.92 Å². The number of aliphatic hydroxyl groups excluding tert-OH is 1. The van der Waals surface area contributed by atoms with Gasteiger partial charge in [0.25, 0.3) is 0 Å². The van der Waals surface area contributed by atoms with Gasteiger partial charge in [-0.25, -0.2) is 9.59 Å². The van der Waals surface area contributed by atoms with Crippen LogP contribution in [0, 0.1) is 10.8 Å². The molecule has 14 nitrogen and oxygen atoms in total. The van der Waals surface area contributed by atoms with Crippen LogP contribution >= 0.6 is 0 Å². The van der Waals surface area contributed by atoms with Gasteiger partial charge in [-0.2, -0.15) is 13.2 Å². The molecule has 0 bridgehead atoms. The maximum Gasteiger partial charge on any atom is 0.508 e. The zero-order valence-corrected chi connectivity index (χ0v) is 23.9. The normalized spacial score (nSPS) is 12.5. The molecule has 0 saturated heterocycles. The fourth-order valence-electron chi connectivity index (χ4n) is 2.47. The van der Waals surface area contributed by atoms with E-state index in [1.807, 2.05) is 0 Å². The van der Waals surface area contributed by atoms with Crippen molar-refractivity contribution >= 4 is 30.1 Å². The number of guanidine groups is 1. The number of unbranched alkanes of at least 4 members (excludes halogenated alkanes) is 1. The molecule has 1 amide bonds. The molecule has 0 spiro atoms.